The highest BCUT2D eigenvalue weighted by Crippen LogP contribution is 2.34. The van der Waals surface area contributed by atoms with Gasteiger partial charge in [-0.2, -0.15) is 5.26 Å². The number of fused-ring (bicyclic) bond motifs is 1. The lowest BCUT2D eigenvalue weighted by molar-refractivity contribution is 0.0397. The second-order valence-electron chi connectivity index (χ2n) is 4.70. The van der Waals surface area contributed by atoms with Crippen molar-refractivity contribution in [3.63, 3.8) is 0 Å². The molecule has 0 saturated heterocycles. The Balaban J connectivity index is 1.86. The predicted molar refractivity (Wildman–Crippen MR) is 64.5 cm³/mol. The number of nitrogens with zero attached hydrogens (tertiary/aromatic N) is 2. The Morgan fingerprint density at radius 3 is 2.71 bits per heavy atom. The van der Waals surface area contributed by atoms with Crippen molar-refractivity contribution in [3.05, 3.63) is 35.4 Å². The molecular formula is C14H14N2O. The molecule has 3 nitrogen and oxygen atoms in total. The monoisotopic (exact) mass is 226 g/mol. The summed E-state index contributed by atoms with van der Waals surface area (Å²) in [6.45, 7) is 0. The fourth-order valence-electron chi connectivity index (χ4n) is 2.71. The highest BCUT2D eigenvalue weighted by Gasteiger charge is 2.36. The normalized spacial score (nSPS) is 26.6. The number of rotatable bonds is 1. The minimum atomic E-state index is 0.286. The van der Waals surface area contributed by atoms with E-state index in [1.165, 1.54) is 19.3 Å². The van der Waals surface area contributed by atoms with Gasteiger partial charge in [0.15, 0.2) is 0 Å². The standard InChI is InChI=1S/C14H14N2O/c15-9-10-5-7-11(8-6-10)14-12-3-1-2-4-13(12)17-16-14/h5-8,12-13H,1-4H2/t12-,13+/m0/s1. The van der Waals surface area contributed by atoms with Crippen molar-refractivity contribution < 1.29 is 4.84 Å². The molecular weight excluding hydrogens is 212 g/mol. The van der Waals surface area contributed by atoms with Crippen LogP contribution in [-0.2, 0) is 4.84 Å². The maximum Gasteiger partial charge on any atom is 0.136 e. The molecule has 1 heterocycles. The van der Waals surface area contributed by atoms with Crippen molar-refractivity contribution in [1.82, 2.24) is 0 Å². The Bertz CT molecular complexity index is 484. The zero-order valence-corrected chi connectivity index (χ0v) is 9.60. The molecule has 1 fully saturated rings. The number of benzene rings is 1. The highest BCUT2D eigenvalue weighted by molar-refractivity contribution is 6.03. The van der Waals surface area contributed by atoms with Crippen LogP contribution in [0.2, 0.25) is 0 Å². The van der Waals surface area contributed by atoms with Gasteiger partial charge in [-0.1, -0.05) is 23.7 Å². The van der Waals surface area contributed by atoms with Gasteiger partial charge in [-0.15, -0.1) is 0 Å². The summed E-state index contributed by atoms with van der Waals surface area (Å²) < 4.78 is 0. The molecule has 2 aliphatic rings. The molecule has 2 atom stereocenters. The first-order chi connectivity index (χ1) is 8.38. The van der Waals surface area contributed by atoms with Gasteiger partial charge in [-0.25, -0.2) is 0 Å². The van der Waals surface area contributed by atoms with E-state index in [4.69, 9.17) is 10.1 Å². The Morgan fingerprint density at radius 2 is 1.94 bits per heavy atom. The SMILES string of the molecule is N#Cc1ccc(C2=NO[C@@H]3CCCC[C@H]23)cc1. The minimum absolute atomic E-state index is 0.286. The molecule has 3 rings (SSSR count). The van der Waals surface area contributed by atoms with Crippen LogP contribution in [0.3, 0.4) is 0 Å². The van der Waals surface area contributed by atoms with E-state index in [9.17, 15) is 0 Å². The van der Waals surface area contributed by atoms with Crippen molar-refractivity contribution in [1.29, 1.82) is 5.26 Å². The predicted octanol–water partition coefficient (Wildman–Crippen LogP) is 2.85. The van der Waals surface area contributed by atoms with E-state index in [0.29, 0.717) is 11.5 Å². The molecule has 17 heavy (non-hydrogen) atoms. The summed E-state index contributed by atoms with van der Waals surface area (Å²) in [6, 6.07) is 9.75. The number of hydrogen-bond donors (Lipinski definition) is 0. The van der Waals surface area contributed by atoms with E-state index in [0.717, 1.165) is 17.7 Å². The molecule has 1 aliphatic heterocycles. The first-order valence-corrected chi connectivity index (χ1v) is 6.13. The van der Waals surface area contributed by atoms with Crippen molar-refractivity contribution in [2.75, 3.05) is 0 Å². The molecule has 0 amide bonds. The largest absolute Gasteiger partial charge is 0.392 e. The quantitative estimate of drug-likeness (QED) is 0.739. The molecule has 0 unspecified atom stereocenters. The maximum absolute atomic E-state index is 8.78. The first kappa shape index (κ1) is 10.3. The molecule has 1 aliphatic carbocycles. The second kappa shape index (κ2) is 4.21. The van der Waals surface area contributed by atoms with Crippen LogP contribution in [0.4, 0.5) is 0 Å². The van der Waals surface area contributed by atoms with E-state index < -0.39 is 0 Å². The summed E-state index contributed by atoms with van der Waals surface area (Å²) >= 11 is 0. The summed E-state index contributed by atoms with van der Waals surface area (Å²) in [5.41, 5.74) is 2.85. The summed E-state index contributed by atoms with van der Waals surface area (Å²) in [7, 11) is 0. The molecule has 0 spiro atoms. The minimum Gasteiger partial charge on any atom is -0.392 e. The third-order valence-electron chi connectivity index (χ3n) is 3.65. The van der Waals surface area contributed by atoms with Gasteiger partial charge in [0.25, 0.3) is 0 Å². The maximum atomic E-state index is 8.78. The Kier molecular flexibility index (Phi) is 2.56. The molecule has 0 bridgehead atoms. The topological polar surface area (TPSA) is 45.4 Å². The lowest BCUT2D eigenvalue weighted by Crippen LogP contribution is -2.27. The highest BCUT2D eigenvalue weighted by atomic mass is 16.6. The summed E-state index contributed by atoms with van der Waals surface area (Å²) in [5, 5.41) is 13.0. The fourth-order valence-corrected chi connectivity index (χ4v) is 2.71. The van der Waals surface area contributed by atoms with Crippen molar-refractivity contribution in [2.24, 2.45) is 11.1 Å². The van der Waals surface area contributed by atoms with Gasteiger partial charge < -0.3 is 4.84 Å². The summed E-state index contributed by atoms with van der Waals surface area (Å²) in [6.07, 6.45) is 5.09. The van der Waals surface area contributed by atoms with Crippen LogP contribution < -0.4 is 0 Å². The third-order valence-corrected chi connectivity index (χ3v) is 3.65. The van der Waals surface area contributed by atoms with Crippen molar-refractivity contribution >= 4 is 5.71 Å². The van der Waals surface area contributed by atoms with E-state index in [1.54, 1.807) is 0 Å². The van der Waals surface area contributed by atoms with Crippen LogP contribution in [0.15, 0.2) is 29.4 Å². The molecule has 1 aromatic rings. The van der Waals surface area contributed by atoms with Crippen molar-refractivity contribution in [3.8, 4) is 6.07 Å². The van der Waals surface area contributed by atoms with Gasteiger partial charge in [0.1, 0.15) is 6.10 Å². The van der Waals surface area contributed by atoms with Crippen molar-refractivity contribution in [2.45, 2.75) is 31.8 Å². The van der Waals surface area contributed by atoms with E-state index in [-0.39, 0.29) is 6.10 Å². The first-order valence-electron chi connectivity index (χ1n) is 6.13. The van der Waals surface area contributed by atoms with Gasteiger partial charge in [0.2, 0.25) is 0 Å². The molecule has 1 aromatic carbocycles. The van der Waals surface area contributed by atoms with Gasteiger partial charge in [-0.05, 0) is 37.0 Å². The van der Waals surface area contributed by atoms with E-state index >= 15 is 0 Å². The van der Waals surface area contributed by atoms with Crippen LogP contribution in [0, 0.1) is 17.2 Å². The average molecular weight is 226 g/mol. The van der Waals surface area contributed by atoms with Gasteiger partial charge >= 0.3 is 0 Å². The number of hydrogen-bond acceptors (Lipinski definition) is 3. The zero-order chi connectivity index (χ0) is 11.7. The van der Waals surface area contributed by atoms with E-state index in [2.05, 4.69) is 11.2 Å². The third kappa shape index (κ3) is 1.80. The molecule has 0 radical (unpaired) electrons. The van der Waals surface area contributed by atoms with Crippen LogP contribution in [0.5, 0.6) is 0 Å². The second-order valence-corrected chi connectivity index (χ2v) is 4.70. The Labute approximate surface area is 101 Å². The number of nitriles is 1. The zero-order valence-electron chi connectivity index (χ0n) is 9.60. The molecule has 3 heteroatoms. The van der Waals surface area contributed by atoms with Gasteiger partial charge in [0.05, 0.1) is 17.3 Å². The lowest BCUT2D eigenvalue weighted by Gasteiger charge is -2.23. The fraction of sp³-hybridized carbons (Fsp3) is 0.429. The van der Waals surface area contributed by atoms with Crippen LogP contribution in [0.1, 0.15) is 36.8 Å². The van der Waals surface area contributed by atoms with Gasteiger partial charge in [0, 0.05) is 5.92 Å². The molecule has 0 N–H and O–H groups in total. The molecule has 86 valence electrons. The van der Waals surface area contributed by atoms with Crippen LogP contribution in [0.25, 0.3) is 0 Å². The smallest absolute Gasteiger partial charge is 0.136 e. The van der Waals surface area contributed by atoms with E-state index in [1.807, 2.05) is 24.3 Å². The lowest BCUT2D eigenvalue weighted by atomic mass is 9.81. The summed E-state index contributed by atoms with van der Waals surface area (Å²) in [4.78, 5) is 5.50. The average Bonchev–Trinajstić information content (AvgIpc) is 2.83. The van der Waals surface area contributed by atoms with Crippen LogP contribution in [-0.4, -0.2) is 11.8 Å². The molecule has 0 aromatic heterocycles. The summed E-state index contributed by atoms with van der Waals surface area (Å²) in [5.74, 6) is 0.455. The Morgan fingerprint density at radius 1 is 1.18 bits per heavy atom. The Hall–Kier alpha value is -1.82. The number of oxime groups is 1. The van der Waals surface area contributed by atoms with Gasteiger partial charge in [-0.3, -0.25) is 0 Å². The molecule has 1 saturated carbocycles. The van der Waals surface area contributed by atoms with Crippen LogP contribution >= 0.6 is 0 Å².